The van der Waals surface area contributed by atoms with Gasteiger partial charge >= 0.3 is 5.97 Å². The Labute approximate surface area is 64.0 Å². The summed E-state index contributed by atoms with van der Waals surface area (Å²) in [4.78, 5) is 11.6. The van der Waals surface area contributed by atoms with E-state index in [1.54, 1.807) is 0 Å². The van der Waals surface area contributed by atoms with Crippen molar-refractivity contribution in [3.05, 3.63) is 0 Å². The van der Waals surface area contributed by atoms with Crippen molar-refractivity contribution in [3.63, 3.8) is 0 Å². The molecule has 0 aliphatic heterocycles. The van der Waals surface area contributed by atoms with Crippen LogP contribution in [0.25, 0.3) is 0 Å². The normalized spacial score (nSPS) is 7.00. The second kappa shape index (κ2) is 11.3. The molecule has 0 atom stereocenters. The molecule has 64 valence electrons. The predicted molar refractivity (Wildman–Crippen MR) is 44.0 cm³/mol. The molecule has 0 radical (unpaired) electrons. The van der Waals surface area contributed by atoms with Gasteiger partial charge in [0.2, 0.25) is 0 Å². The highest BCUT2D eigenvalue weighted by atomic mass is 16.5. The van der Waals surface area contributed by atoms with E-state index in [4.69, 9.17) is 0 Å². The molecule has 10 heavy (non-hydrogen) atoms. The largest absolute Gasteiger partial charge is 0.469 e. The predicted octanol–water partition coefficient (Wildman–Crippen LogP) is 0.993. The summed E-state index contributed by atoms with van der Waals surface area (Å²) in [6, 6.07) is 0. The summed E-state index contributed by atoms with van der Waals surface area (Å²) >= 11 is 0. The van der Waals surface area contributed by atoms with Crippen LogP contribution >= 0.6 is 0 Å². The fraction of sp³-hybridized carbons (Fsp3) is 0.857. The quantitative estimate of drug-likeness (QED) is 0.481. The highest BCUT2D eigenvalue weighted by Crippen LogP contribution is 1.60. The van der Waals surface area contributed by atoms with Crippen molar-refractivity contribution in [3.8, 4) is 0 Å². The van der Waals surface area contributed by atoms with Crippen molar-refractivity contribution in [2.24, 2.45) is 0 Å². The third-order valence-corrected chi connectivity index (χ3v) is 0.287. The molecule has 0 bridgehead atoms. The summed E-state index contributed by atoms with van der Waals surface area (Å²) in [5.41, 5.74) is 0. The number of nitrogens with zero attached hydrogens (tertiary/aromatic N) is 1. The number of carbonyl (C=O) groups excluding carboxylic acids is 1. The van der Waals surface area contributed by atoms with Crippen LogP contribution < -0.4 is 0 Å². The molecule has 0 aromatic heterocycles. The Hall–Kier alpha value is -0.570. The highest BCUT2D eigenvalue weighted by Gasteiger charge is 1.75. The van der Waals surface area contributed by atoms with Gasteiger partial charge in [0, 0.05) is 6.92 Å². The van der Waals surface area contributed by atoms with Crippen molar-refractivity contribution in [1.29, 1.82) is 0 Å². The van der Waals surface area contributed by atoms with Gasteiger partial charge in [-0.3, -0.25) is 4.79 Å². The Bertz CT molecular complexity index is 69.3. The number of carbonyl (C=O) groups is 1. The number of hydrogen-bond donors (Lipinski definition) is 0. The second-order valence-electron chi connectivity index (χ2n) is 2.04. The summed E-state index contributed by atoms with van der Waals surface area (Å²) in [5.74, 6) is -0.245. The topological polar surface area (TPSA) is 29.5 Å². The molecule has 3 heteroatoms. The van der Waals surface area contributed by atoms with Crippen LogP contribution in [-0.4, -0.2) is 39.1 Å². The maximum atomic E-state index is 9.59. The number of rotatable bonds is 0. The molecule has 0 spiro atoms. The lowest BCUT2D eigenvalue weighted by atomic mass is 10.8. The summed E-state index contributed by atoms with van der Waals surface area (Å²) < 4.78 is 4.11. The van der Waals surface area contributed by atoms with Crippen LogP contribution in [0.2, 0.25) is 0 Å². The average Bonchev–Trinajstić information content (AvgIpc) is 1.65. The van der Waals surface area contributed by atoms with Crippen LogP contribution in [0.15, 0.2) is 0 Å². The molecule has 0 aliphatic rings. The van der Waals surface area contributed by atoms with E-state index < -0.39 is 0 Å². The van der Waals surface area contributed by atoms with Gasteiger partial charge in [-0.1, -0.05) is 7.43 Å². The number of methoxy groups -OCH3 is 1. The number of esters is 1. The first-order valence-corrected chi connectivity index (χ1v) is 2.66. The van der Waals surface area contributed by atoms with Gasteiger partial charge in [0.05, 0.1) is 7.11 Å². The Kier molecular flexibility index (Phi) is 18.2. The van der Waals surface area contributed by atoms with Gasteiger partial charge in [-0.2, -0.15) is 0 Å². The van der Waals surface area contributed by atoms with Crippen molar-refractivity contribution < 1.29 is 9.53 Å². The van der Waals surface area contributed by atoms with E-state index in [0.717, 1.165) is 0 Å². The Balaban J connectivity index is -0.0000000910. The molecule has 0 heterocycles. The van der Waals surface area contributed by atoms with Crippen LogP contribution in [0.4, 0.5) is 0 Å². The third-order valence-electron chi connectivity index (χ3n) is 0.287. The minimum absolute atomic E-state index is 0. The van der Waals surface area contributed by atoms with Gasteiger partial charge in [-0.05, 0) is 21.1 Å². The molecular formula is C7H19NO2. The van der Waals surface area contributed by atoms with Crippen molar-refractivity contribution >= 4 is 5.97 Å². The zero-order valence-electron chi connectivity index (χ0n) is 6.76. The Morgan fingerprint density at radius 2 is 1.40 bits per heavy atom. The summed E-state index contributed by atoms with van der Waals surface area (Å²) in [6.45, 7) is 1.36. The lowest BCUT2D eigenvalue weighted by Gasteiger charge is -1.90. The average molecular weight is 149 g/mol. The number of hydrogen-bond acceptors (Lipinski definition) is 3. The van der Waals surface area contributed by atoms with Gasteiger partial charge < -0.3 is 9.64 Å². The lowest BCUT2D eigenvalue weighted by Crippen LogP contribution is -1.99. The van der Waals surface area contributed by atoms with Crippen molar-refractivity contribution in [1.82, 2.24) is 4.90 Å². The molecule has 0 fully saturated rings. The molecule has 0 saturated carbocycles. The van der Waals surface area contributed by atoms with Gasteiger partial charge in [0.15, 0.2) is 0 Å². The SMILES string of the molecule is C.CN(C)C.COC(C)=O. The molecule has 0 aliphatic carbocycles. The zero-order chi connectivity index (χ0) is 7.86. The molecule has 3 nitrogen and oxygen atoms in total. The van der Waals surface area contributed by atoms with Gasteiger partial charge in [0.1, 0.15) is 0 Å². The first-order chi connectivity index (χ1) is 4.00. The smallest absolute Gasteiger partial charge is 0.302 e. The van der Waals surface area contributed by atoms with E-state index in [0.29, 0.717) is 0 Å². The Morgan fingerprint density at radius 1 is 1.30 bits per heavy atom. The van der Waals surface area contributed by atoms with Crippen molar-refractivity contribution in [2.45, 2.75) is 14.4 Å². The van der Waals surface area contributed by atoms with Crippen LogP contribution in [0.3, 0.4) is 0 Å². The van der Waals surface area contributed by atoms with Crippen LogP contribution in [0.1, 0.15) is 14.4 Å². The molecular weight excluding hydrogens is 130 g/mol. The van der Waals surface area contributed by atoms with E-state index in [1.165, 1.54) is 14.0 Å². The maximum absolute atomic E-state index is 9.59. The van der Waals surface area contributed by atoms with Gasteiger partial charge in [0.25, 0.3) is 0 Å². The minimum Gasteiger partial charge on any atom is -0.469 e. The summed E-state index contributed by atoms with van der Waals surface area (Å²) in [5, 5.41) is 0. The van der Waals surface area contributed by atoms with E-state index in [-0.39, 0.29) is 13.4 Å². The first-order valence-electron chi connectivity index (χ1n) is 2.66. The maximum Gasteiger partial charge on any atom is 0.302 e. The summed E-state index contributed by atoms with van der Waals surface area (Å²) in [7, 11) is 7.35. The fourth-order valence-electron chi connectivity index (χ4n) is 0. The lowest BCUT2D eigenvalue weighted by molar-refractivity contribution is -0.137. The molecule has 0 aromatic carbocycles. The molecule has 0 aromatic rings. The highest BCUT2D eigenvalue weighted by molar-refractivity contribution is 5.65. The van der Waals surface area contributed by atoms with Crippen LogP contribution in [0.5, 0.6) is 0 Å². The first kappa shape index (κ1) is 16.2. The zero-order valence-corrected chi connectivity index (χ0v) is 6.76. The van der Waals surface area contributed by atoms with Gasteiger partial charge in [-0.25, -0.2) is 0 Å². The van der Waals surface area contributed by atoms with E-state index >= 15 is 0 Å². The van der Waals surface area contributed by atoms with E-state index in [1.807, 2.05) is 26.0 Å². The van der Waals surface area contributed by atoms with Crippen molar-refractivity contribution in [2.75, 3.05) is 28.3 Å². The van der Waals surface area contributed by atoms with Crippen LogP contribution in [0, 0.1) is 0 Å². The molecule has 0 saturated heterocycles. The molecule has 0 amide bonds. The standard InChI is InChI=1S/C3H9N.C3H6O2.CH4/c1-4(2)3;1-3(4)5-2;/h1-3H3;1-2H3;1H4. The fourth-order valence-corrected chi connectivity index (χ4v) is 0. The van der Waals surface area contributed by atoms with Gasteiger partial charge in [-0.15, -0.1) is 0 Å². The molecule has 0 N–H and O–H groups in total. The third kappa shape index (κ3) is 150. The monoisotopic (exact) mass is 149 g/mol. The van der Waals surface area contributed by atoms with E-state index in [9.17, 15) is 4.79 Å². The molecule has 0 unspecified atom stereocenters. The summed E-state index contributed by atoms with van der Waals surface area (Å²) in [6.07, 6.45) is 0. The van der Waals surface area contributed by atoms with Crippen LogP contribution in [-0.2, 0) is 9.53 Å². The minimum atomic E-state index is -0.245. The van der Waals surface area contributed by atoms with E-state index in [2.05, 4.69) is 4.74 Å². The number of ether oxygens (including phenoxy) is 1. The Morgan fingerprint density at radius 3 is 1.40 bits per heavy atom. The molecule has 0 rings (SSSR count). The second-order valence-corrected chi connectivity index (χ2v) is 2.04.